The second-order valence-electron chi connectivity index (χ2n) is 6.21. The van der Waals surface area contributed by atoms with Gasteiger partial charge in [0.25, 0.3) is 0 Å². The zero-order valence-electron chi connectivity index (χ0n) is 15.6. The molecular formula is C18H28N4O3. The van der Waals surface area contributed by atoms with Gasteiger partial charge in [0.05, 0.1) is 0 Å². The number of hydrogen-bond acceptors (Lipinski definition) is 3. The number of hydrogen-bond donors (Lipinski definition) is 3. The lowest BCUT2D eigenvalue weighted by atomic mass is 10.2. The average molecular weight is 348 g/mol. The molecule has 0 aliphatic heterocycles. The molecule has 138 valence electrons. The molecule has 4 amide bonds. The predicted molar refractivity (Wildman–Crippen MR) is 98.1 cm³/mol. The summed E-state index contributed by atoms with van der Waals surface area (Å²) in [5.74, 6) is -0.251. The molecule has 7 heteroatoms. The number of rotatable bonds is 7. The van der Waals surface area contributed by atoms with Gasteiger partial charge in [-0.25, -0.2) is 4.79 Å². The molecule has 0 saturated carbocycles. The topological polar surface area (TPSA) is 90.5 Å². The minimum Gasteiger partial charge on any atom is -0.352 e. The minimum atomic E-state index is -0.638. The van der Waals surface area contributed by atoms with Gasteiger partial charge in [0.2, 0.25) is 11.8 Å². The van der Waals surface area contributed by atoms with Crippen LogP contribution in [0.2, 0.25) is 0 Å². The summed E-state index contributed by atoms with van der Waals surface area (Å²) in [7, 11) is 1.72. The Kier molecular flexibility index (Phi) is 7.91. The number of amides is 4. The fourth-order valence-corrected chi connectivity index (χ4v) is 2.03. The summed E-state index contributed by atoms with van der Waals surface area (Å²) in [6.07, 6.45) is 0.826. The van der Waals surface area contributed by atoms with Gasteiger partial charge in [-0.2, -0.15) is 0 Å². The molecule has 0 unspecified atom stereocenters. The second-order valence-corrected chi connectivity index (χ2v) is 6.21. The van der Waals surface area contributed by atoms with Crippen LogP contribution in [-0.2, 0) is 16.1 Å². The first-order valence-electron chi connectivity index (χ1n) is 8.41. The van der Waals surface area contributed by atoms with Gasteiger partial charge in [-0.05, 0) is 38.0 Å². The molecule has 25 heavy (non-hydrogen) atoms. The first-order chi connectivity index (χ1) is 11.7. The third-order valence-electron chi connectivity index (χ3n) is 3.88. The number of carbonyl (C=O) groups is 3. The van der Waals surface area contributed by atoms with E-state index >= 15 is 0 Å². The highest BCUT2D eigenvalue weighted by Gasteiger charge is 2.17. The summed E-state index contributed by atoms with van der Waals surface area (Å²) < 4.78 is 0. The molecule has 0 heterocycles. The van der Waals surface area contributed by atoms with Crippen molar-refractivity contribution >= 4 is 23.5 Å². The minimum absolute atomic E-state index is 0.0303. The zero-order chi connectivity index (χ0) is 19.0. The van der Waals surface area contributed by atoms with Gasteiger partial charge in [-0.3, -0.25) is 9.59 Å². The van der Waals surface area contributed by atoms with Crippen LogP contribution in [0.1, 0.15) is 39.7 Å². The van der Waals surface area contributed by atoms with Crippen LogP contribution in [-0.4, -0.2) is 41.9 Å². The lowest BCUT2D eigenvalue weighted by Crippen LogP contribution is -2.48. The zero-order valence-corrected chi connectivity index (χ0v) is 15.6. The summed E-state index contributed by atoms with van der Waals surface area (Å²) >= 11 is 0. The van der Waals surface area contributed by atoms with Gasteiger partial charge in [-0.1, -0.05) is 19.1 Å². The van der Waals surface area contributed by atoms with Crippen LogP contribution in [0.5, 0.6) is 0 Å². The number of carbonyl (C=O) groups excluding carboxylic acids is 3. The van der Waals surface area contributed by atoms with Crippen LogP contribution in [0, 0.1) is 0 Å². The standard InChI is InChI=1S/C18H28N4O3/c1-6-12(2)19-17(24)13(3)20-18(25)21-16-9-7-8-15(10-16)11-22(5)14(4)23/h7-10,12-13H,6,11H2,1-5H3,(H,19,24)(H2,20,21,25)/t12-,13-/m0/s1. The van der Waals surface area contributed by atoms with E-state index in [4.69, 9.17) is 0 Å². The third kappa shape index (κ3) is 7.24. The SMILES string of the molecule is CC[C@H](C)NC(=O)[C@H](C)NC(=O)Nc1cccc(CN(C)C(C)=O)c1. The van der Waals surface area contributed by atoms with Crippen molar-refractivity contribution < 1.29 is 14.4 Å². The first kappa shape index (κ1) is 20.5. The van der Waals surface area contributed by atoms with Crippen molar-refractivity contribution in [2.45, 2.75) is 52.7 Å². The molecule has 2 atom stereocenters. The maximum absolute atomic E-state index is 12.1. The number of benzene rings is 1. The molecule has 0 aliphatic carbocycles. The van der Waals surface area contributed by atoms with Crippen molar-refractivity contribution in [1.29, 1.82) is 0 Å². The van der Waals surface area contributed by atoms with Crippen LogP contribution in [0.4, 0.5) is 10.5 Å². The van der Waals surface area contributed by atoms with Crippen molar-refractivity contribution in [1.82, 2.24) is 15.5 Å². The Morgan fingerprint density at radius 3 is 2.44 bits per heavy atom. The average Bonchev–Trinajstić information content (AvgIpc) is 2.54. The number of anilines is 1. The molecule has 1 aromatic rings. The van der Waals surface area contributed by atoms with Gasteiger partial charge >= 0.3 is 6.03 Å². The molecule has 1 rings (SSSR count). The highest BCUT2D eigenvalue weighted by atomic mass is 16.2. The van der Waals surface area contributed by atoms with E-state index < -0.39 is 12.1 Å². The largest absolute Gasteiger partial charge is 0.352 e. The number of nitrogens with one attached hydrogen (secondary N) is 3. The molecule has 0 fully saturated rings. The molecule has 0 radical (unpaired) electrons. The second kappa shape index (κ2) is 9.66. The fraction of sp³-hybridized carbons (Fsp3) is 0.500. The van der Waals surface area contributed by atoms with E-state index in [2.05, 4.69) is 16.0 Å². The maximum atomic E-state index is 12.1. The molecule has 0 aliphatic rings. The highest BCUT2D eigenvalue weighted by Crippen LogP contribution is 2.12. The van der Waals surface area contributed by atoms with E-state index in [9.17, 15) is 14.4 Å². The van der Waals surface area contributed by atoms with Crippen molar-refractivity contribution in [2.24, 2.45) is 0 Å². The molecule has 0 spiro atoms. The molecule has 1 aromatic carbocycles. The van der Waals surface area contributed by atoms with Gasteiger partial charge in [0.15, 0.2) is 0 Å². The van der Waals surface area contributed by atoms with Gasteiger partial charge < -0.3 is 20.9 Å². The van der Waals surface area contributed by atoms with Gasteiger partial charge in [-0.15, -0.1) is 0 Å². The van der Waals surface area contributed by atoms with E-state index in [0.717, 1.165) is 12.0 Å². The van der Waals surface area contributed by atoms with Crippen LogP contribution in [0.3, 0.4) is 0 Å². The van der Waals surface area contributed by atoms with E-state index in [1.54, 1.807) is 37.1 Å². The third-order valence-corrected chi connectivity index (χ3v) is 3.88. The van der Waals surface area contributed by atoms with Crippen molar-refractivity contribution in [3.05, 3.63) is 29.8 Å². The van der Waals surface area contributed by atoms with Crippen LogP contribution >= 0.6 is 0 Å². The van der Waals surface area contributed by atoms with Crippen molar-refractivity contribution in [3.8, 4) is 0 Å². The molecular weight excluding hydrogens is 320 g/mol. The van der Waals surface area contributed by atoms with E-state index in [1.165, 1.54) is 6.92 Å². The monoisotopic (exact) mass is 348 g/mol. The summed E-state index contributed by atoms with van der Waals surface area (Å²) in [4.78, 5) is 36.9. The maximum Gasteiger partial charge on any atom is 0.319 e. The summed E-state index contributed by atoms with van der Waals surface area (Å²) in [6, 6.07) is 6.20. The molecule has 0 bridgehead atoms. The molecule has 0 aromatic heterocycles. The van der Waals surface area contributed by atoms with Crippen LogP contribution in [0.25, 0.3) is 0 Å². The lowest BCUT2D eigenvalue weighted by molar-refractivity contribution is -0.128. The number of nitrogens with zero attached hydrogens (tertiary/aromatic N) is 1. The lowest BCUT2D eigenvalue weighted by Gasteiger charge is -2.18. The van der Waals surface area contributed by atoms with Gasteiger partial charge in [0.1, 0.15) is 6.04 Å². The van der Waals surface area contributed by atoms with Crippen LogP contribution in [0.15, 0.2) is 24.3 Å². The predicted octanol–water partition coefficient (Wildman–Crippen LogP) is 2.09. The summed E-state index contributed by atoms with van der Waals surface area (Å²) in [6.45, 7) is 7.48. The smallest absolute Gasteiger partial charge is 0.319 e. The van der Waals surface area contributed by atoms with Crippen molar-refractivity contribution in [2.75, 3.05) is 12.4 Å². The summed E-state index contributed by atoms with van der Waals surface area (Å²) in [5, 5.41) is 8.13. The Morgan fingerprint density at radius 2 is 1.84 bits per heavy atom. The fourth-order valence-electron chi connectivity index (χ4n) is 2.03. The normalized spacial score (nSPS) is 12.7. The van der Waals surface area contributed by atoms with Crippen LogP contribution < -0.4 is 16.0 Å². The highest BCUT2D eigenvalue weighted by molar-refractivity contribution is 5.93. The molecule has 0 saturated heterocycles. The summed E-state index contributed by atoms with van der Waals surface area (Å²) in [5.41, 5.74) is 1.50. The Labute approximate surface area is 149 Å². The first-order valence-corrected chi connectivity index (χ1v) is 8.41. The Bertz CT molecular complexity index is 618. The Morgan fingerprint density at radius 1 is 1.16 bits per heavy atom. The Balaban J connectivity index is 2.59. The Hall–Kier alpha value is -2.57. The van der Waals surface area contributed by atoms with E-state index in [-0.39, 0.29) is 17.9 Å². The molecule has 3 N–H and O–H groups in total. The van der Waals surface area contributed by atoms with Gasteiger partial charge in [0, 0.05) is 32.2 Å². The number of urea groups is 1. The van der Waals surface area contributed by atoms with E-state index in [1.807, 2.05) is 19.9 Å². The quantitative estimate of drug-likeness (QED) is 0.705. The van der Waals surface area contributed by atoms with E-state index in [0.29, 0.717) is 12.2 Å². The van der Waals surface area contributed by atoms with Crippen molar-refractivity contribution in [3.63, 3.8) is 0 Å². The molecule has 7 nitrogen and oxygen atoms in total.